The van der Waals surface area contributed by atoms with Crippen molar-refractivity contribution in [3.8, 4) is 5.75 Å². The third-order valence-electron chi connectivity index (χ3n) is 2.59. The standard InChI is InChI=1S/C14H14N2O3/c1-15-14(18)12-13(11(17)7-8-16-12)19-9-10-5-3-2-4-6-10/h2-8H,9H2,1H3,(H,15,18)(H,16,17). The number of H-pyrrole nitrogens is 1. The van der Waals surface area contributed by atoms with E-state index in [4.69, 9.17) is 4.74 Å². The third-order valence-corrected chi connectivity index (χ3v) is 2.59. The number of rotatable bonds is 4. The maximum atomic E-state index is 11.8. The molecule has 5 nitrogen and oxygen atoms in total. The van der Waals surface area contributed by atoms with E-state index in [9.17, 15) is 9.59 Å². The summed E-state index contributed by atoms with van der Waals surface area (Å²) in [7, 11) is 1.49. The van der Waals surface area contributed by atoms with Crippen molar-refractivity contribution in [1.29, 1.82) is 0 Å². The van der Waals surface area contributed by atoms with Crippen molar-refractivity contribution in [2.75, 3.05) is 7.05 Å². The van der Waals surface area contributed by atoms with Crippen molar-refractivity contribution in [2.24, 2.45) is 0 Å². The molecule has 0 fully saturated rings. The van der Waals surface area contributed by atoms with Crippen LogP contribution in [0.3, 0.4) is 0 Å². The zero-order valence-corrected chi connectivity index (χ0v) is 10.5. The summed E-state index contributed by atoms with van der Waals surface area (Å²) in [6, 6.07) is 10.8. The molecule has 0 spiro atoms. The number of carbonyl (C=O) groups excluding carboxylic acids is 1. The molecule has 0 saturated carbocycles. The molecule has 0 radical (unpaired) electrons. The third kappa shape index (κ3) is 3.01. The molecule has 0 aliphatic carbocycles. The Morgan fingerprint density at radius 1 is 1.26 bits per heavy atom. The van der Waals surface area contributed by atoms with E-state index in [1.54, 1.807) is 0 Å². The van der Waals surface area contributed by atoms with E-state index >= 15 is 0 Å². The summed E-state index contributed by atoms with van der Waals surface area (Å²) in [5, 5.41) is 2.46. The SMILES string of the molecule is CNC(=O)c1[nH]ccc(=O)c1OCc1ccccc1. The maximum absolute atomic E-state index is 11.8. The summed E-state index contributed by atoms with van der Waals surface area (Å²) < 4.78 is 5.47. The van der Waals surface area contributed by atoms with E-state index in [2.05, 4.69) is 10.3 Å². The number of aromatic amines is 1. The van der Waals surface area contributed by atoms with E-state index in [1.807, 2.05) is 30.3 Å². The van der Waals surface area contributed by atoms with Crippen LogP contribution in [0, 0.1) is 0 Å². The molecule has 98 valence electrons. The van der Waals surface area contributed by atoms with Crippen molar-refractivity contribution in [2.45, 2.75) is 6.61 Å². The van der Waals surface area contributed by atoms with Gasteiger partial charge in [0.1, 0.15) is 6.61 Å². The lowest BCUT2D eigenvalue weighted by Gasteiger charge is -2.09. The van der Waals surface area contributed by atoms with E-state index < -0.39 is 0 Å². The Kier molecular flexibility index (Phi) is 3.97. The summed E-state index contributed by atoms with van der Waals surface area (Å²) >= 11 is 0. The molecule has 0 unspecified atom stereocenters. The van der Waals surface area contributed by atoms with Crippen LogP contribution in [0.25, 0.3) is 0 Å². The molecule has 2 N–H and O–H groups in total. The average molecular weight is 258 g/mol. The molecule has 2 rings (SSSR count). The first-order valence-electron chi connectivity index (χ1n) is 5.83. The van der Waals surface area contributed by atoms with Crippen LogP contribution in [-0.4, -0.2) is 17.9 Å². The number of hydrogen-bond donors (Lipinski definition) is 2. The second-order valence-electron chi connectivity index (χ2n) is 3.90. The minimum absolute atomic E-state index is 0.0331. The fraction of sp³-hybridized carbons (Fsp3) is 0.143. The smallest absolute Gasteiger partial charge is 0.271 e. The van der Waals surface area contributed by atoms with Crippen molar-refractivity contribution < 1.29 is 9.53 Å². The van der Waals surface area contributed by atoms with Gasteiger partial charge in [-0.2, -0.15) is 0 Å². The van der Waals surface area contributed by atoms with Crippen LogP contribution in [0.5, 0.6) is 5.75 Å². The number of aromatic nitrogens is 1. The van der Waals surface area contributed by atoms with Gasteiger partial charge < -0.3 is 15.0 Å². The van der Waals surface area contributed by atoms with Gasteiger partial charge in [-0.05, 0) is 5.56 Å². The van der Waals surface area contributed by atoms with E-state index in [1.165, 1.54) is 19.3 Å². The Bertz CT molecular complexity index is 620. The van der Waals surface area contributed by atoms with Crippen molar-refractivity contribution in [1.82, 2.24) is 10.3 Å². The van der Waals surface area contributed by atoms with Crippen LogP contribution in [0.1, 0.15) is 16.1 Å². The minimum atomic E-state index is -0.388. The zero-order valence-electron chi connectivity index (χ0n) is 10.5. The van der Waals surface area contributed by atoms with Gasteiger partial charge in [-0.15, -0.1) is 0 Å². The molecule has 0 aliphatic rings. The molecule has 2 aromatic rings. The zero-order chi connectivity index (χ0) is 13.7. The van der Waals surface area contributed by atoms with Crippen LogP contribution in [-0.2, 0) is 6.61 Å². The quantitative estimate of drug-likeness (QED) is 0.868. The van der Waals surface area contributed by atoms with Gasteiger partial charge in [0.25, 0.3) is 5.91 Å². The van der Waals surface area contributed by atoms with Gasteiger partial charge >= 0.3 is 0 Å². The predicted molar refractivity (Wildman–Crippen MR) is 71.2 cm³/mol. The van der Waals surface area contributed by atoms with Crippen molar-refractivity contribution in [3.05, 3.63) is 64.1 Å². The fourth-order valence-corrected chi connectivity index (χ4v) is 1.63. The Morgan fingerprint density at radius 3 is 2.68 bits per heavy atom. The first-order chi connectivity index (χ1) is 9.22. The molecular weight excluding hydrogens is 244 g/mol. The van der Waals surface area contributed by atoms with Crippen LogP contribution in [0.2, 0.25) is 0 Å². The Morgan fingerprint density at radius 2 is 2.00 bits per heavy atom. The Labute approximate surface area is 110 Å². The fourth-order valence-electron chi connectivity index (χ4n) is 1.63. The molecule has 19 heavy (non-hydrogen) atoms. The van der Waals surface area contributed by atoms with Crippen molar-refractivity contribution in [3.63, 3.8) is 0 Å². The van der Waals surface area contributed by atoms with Crippen LogP contribution < -0.4 is 15.5 Å². The van der Waals surface area contributed by atoms with Gasteiger partial charge in [0.15, 0.2) is 11.4 Å². The number of amides is 1. The largest absolute Gasteiger partial charge is 0.483 e. The number of pyridine rings is 1. The molecule has 0 atom stereocenters. The molecule has 1 aromatic carbocycles. The molecule has 1 heterocycles. The van der Waals surface area contributed by atoms with Gasteiger partial charge in [0, 0.05) is 19.3 Å². The summed E-state index contributed by atoms with van der Waals surface area (Å²) in [4.78, 5) is 26.1. The average Bonchev–Trinajstić information content (AvgIpc) is 2.46. The Hall–Kier alpha value is -2.56. The van der Waals surface area contributed by atoms with Gasteiger partial charge in [0.05, 0.1) is 0 Å². The number of nitrogens with one attached hydrogen (secondary N) is 2. The summed E-state index contributed by atoms with van der Waals surface area (Å²) in [6.45, 7) is 0.234. The predicted octanol–water partition coefficient (Wildman–Crippen LogP) is 1.31. The maximum Gasteiger partial charge on any atom is 0.271 e. The van der Waals surface area contributed by atoms with Crippen LogP contribution in [0.4, 0.5) is 0 Å². The highest BCUT2D eigenvalue weighted by Gasteiger charge is 2.14. The second-order valence-corrected chi connectivity index (χ2v) is 3.90. The second kappa shape index (κ2) is 5.86. The molecular formula is C14H14N2O3. The summed E-state index contributed by atoms with van der Waals surface area (Å²) in [5.74, 6) is -0.355. The highest BCUT2D eigenvalue weighted by Crippen LogP contribution is 2.12. The molecule has 1 amide bonds. The Balaban J connectivity index is 2.24. The number of ether oxygens (including phenoxy) is 1. The first-order valence-corrected chi connectivity index (χ1v) is 5.83. The van der Waals surface area contributed by atoms with Gasteiger partial charge in [-0.1, -0.05) is 30.3 Å². The number of hydrogen-bond acceptors (Lipinski definition) is 3. The lowest BCUT2D eigenvalue weighted by Crippen LogP contribution is -2.23. The van der Waals surface area contributed by atoms with Crippen molar-refractivity contribution >= 4 is 5.91 Å². The topological polar surface area (TPSA) is 71.2 Å². The van der Waals surface area contributed by atoms with Gasteiger partial charge in [-0.25, -0.2) is 0 Å². The van der Waals surface area contributed by atoms with E-state index in [0.29, 0.717) is 0 Å². The first kappa shape index (κ1) is 12.9. The summed E-state index contributed by atoms with van der Waals surface area (Å²) in [6.07, 6.45) is 1.42. The normalized spacial score (nSPS) is 9.95. The molecule has 1 aromatic heterocycles. The van der Waals surface area contributed by atoms with Crippen LogP contribution in [0.15, 0.2) is 47.4 Å². The number of benzene rings is 1. The van der Waals surface area contributed by atoms with Gasteiger partial charge in [-0.3, -0.25) is 9.59 Å². The molecule has 0 saturated heterocycles. The lowest BCUT2D eigenvalue weighted by atomic mass is 10.2. The van der Waals surface area contributed by atoms with Gasteiger partial charge in [0.2, 0.25) is 5.43 Å². The molecule has 0 bridgehead atoms. The monoisotopic (exact) mass is 258 g/mol. The van der Waals surface area contributed by atoms with E-state index in [-0.39, 0.29) is 29.4 Å². The number of carbonyl (C=O) groups is 1. The minimum Gasteiger partial charge on any atom is -0.483 e. The highest BCUT2D eigenvalue weighted by atomic mass is 16.5. The lowest BCUT2D eigenvalue weighted by molar-refractivity contribution is 0.0953. The summed E-state index contributed by atoms with van der Waals surface area (Å²) in [5.41, 5.74) is 0.729. The highest BCUT2D eigenvalue weighted by molar-refractivity contribution is 5.94. The molecule has 0 aliphatic heterocycles. The molecule has 5 heteroatoms. The van der Waals surface area contributed by atoms with E-state index in [0.717, 1.165) is 5.56 Å². The van der Waals surface area contributed by atoms with Crippen LogP contribution >= 0.6 is 0 Å².